The van der Waals surface area contributed by atoms with Crippen LogP contribution >= 0.6 is 23.4 Å². The number of carbonyl (C=O) groups is 2. The fraction of sp³-hybridized carbons (Fsp3) is 0.0909. The molecule has 0 aliphatic rings. The summed E-state index contributed by atoms with van der Waals surface area (Å²) >= 11 is 7.26. The van der Waals surface area contributed by atoms with E-state index in [1.165, 1.54) is 11.8 Å². The SMILES string of the molecule is Cc1cccc(C(=O)Nc2ccc(SCC(=O)Nc3ccc(Cl)cc3)cc2)c1. The summed E-state index contributed by atoms with van der Waals surface area (Å²) in [6, 6.07) is 21.8. The van der Waals surface area contributed by atoms with Crippen LogP contribution in [-0.2, 0) is 4.79 Å². The van der Waals surface area contributed by atoms with Gasteiger partial charge < -0.3 is 10.6 Å². The van der Waals surface area contributed by atoms with Crippen molar-refractivity contribution in [1.29, 1.82) is 0 Å². The Morgan fingerprint density at radius 2 is 1.54 bits per heavy atom. The molecule has 3 rings (SSSR count). The Kier molecular flexibility index (Phi) is 6.74. The Balaban J connectivity index is 1.50. The summed E-state index contributed by atoms with van der Waals surface area (Å²) in [4.78, 5) is 25.3. The van der Waals surface area contributed by atoms with E-state index in [0.29, 0.717) is 22.0 Å². The number of aryl methyl sites for hydroxylation is 1. The number of rotatable bonds is 6. The van der Waals surface area contributed by atoms with Crippen molar-refractivity contribution in [2.75, 3.05) is 16.4 Å². The van der Waals surface area contributed by atoms with Gasteiger partial charge in [-0.05, 0) is 67.6 Å². The number of halogens is 1. The third kappa shape index (κ3) is 5.87. The lowest BCUT2D eigenvalue weighted by Gasteiger charge is -2.08. The smallest absolute Gasteiger partial charge is 0.255 e. The van der Waals surface area contributed by atoms with Gasteiger partial charge in [0.2, 0.25) is 5.91 Å². The lowest BCUT2D eigenvalue weighted by Crippen LogP contribution is -2.13. The molecule has 0 aliphatic carbocycles. The van der Waals surface area contributed by atoms with Gasteiger partial charge in [-0.1, -0.05) is 29.3 Å². The first-order valence-corrected chi connectivity index (χ1v) is 10.0. The minimum atomic E-state index is -0.147. The van der Waals surface area contributed by atoms with Crippen LogP contribution in [0.5, 0.6) is 0 Å². The second kappa shape index (κ2) is 9.44. The molecule has 3 aromatic rings. The number of carbonyl (C=O) groups excluding carboxylic acids is 2. The van der Waals surface area contributed by atoms with Gasteiger partial charge in [0.1, 0.15) is 0 Å². The molecule has 0 saturated carbocycles. The standard InChI is InChI=1S/C22H19ClN2O2S/c1-15-3-2-4-16(13-15)22(27)25-19-9-11-20(12-10-19)28-14-21(26)24-18-7-5-17(23)6-8-18/h2-13H,14H2,1H3,(H,24,26)(H,25,27). The maximum atomic E-state index is 12.3. The molecule has 0 fully saturated rings. The normalized spacial score (nSPS) is 10.4. The molecule has 0 aromatic heterocycles. The molecular formula is C22H19ClN2O2S. The van der Waals surface area contributed by atoms with Gasteiger partial charge >= 0.3 is 0 Å². The molecule has 6 heteroatoms. The maximum absolute atomic E-state index is 12.3. The van der Waals surface area contributed by atoms with Crippen molar-refractivity contribution in [1.82, 2.24) is 0 Å². The Hall–Kier alpha value is -2.76. The molecule has 0 unspecified atom stereocenters. The zero-order valence-corrected chi connectivity index (χ0v) is 16.8. The van der Waals surface area contributed by atoms with E-state index in [9.17, 15) is 9.59 Å². The van der Waals surface area contributed by atoms with E-state index in [1.807, 2.05) is 49.4 Å². The summed E-state index contributed by atoms with van der Waals surface area (Å²) < 4.78 is 0. The van der Waals surface area contributed by atoms with E-state index in [4.69, 9.17) is 11.6 Å². The molecule has 0 radical (unpaired) electrons. The van der Waals surface area contributed by atoms with Crippen LogP contribution in [0.2, 0.25) is 5.02 Å². The summed E-state index contributed by atoms with van der Waals surface area (Å²) in [5.74, 6) is 0.0491. The zero-order chi connectivity index (χ0) is 19.9. The maximum Gasteiger partial charge on any atom is 0.255 e. The Morgan fingerprint density at radius 3 is 2.21 bits per heavy atom. The van der Waals surface area contributed by atoms with Gasteiger partial charge in [-0.15, -0.1) is 11.8 Å². The molecule has 2 N–H and O–H groups in total. The summed E-state index contributed by atoms with van der Waals surface area (Å²) in [5.41, 5.74) is 3.08. The monoisotopic (exact) mass is 410 g/mol. The van der Waals surface area contributed by atoms with Crippen LogP contribution in [0, 0.1) is 6.92 Å². The van der Waals surface area contributed by atoms with Crippen LogP contribution in [-0.4, -0.2) is 17.6 Å². The Morgan fingerprint density at radius 1 is 0.893 bits per heavy atom. The van der Waals surface area contributed by atoms with E-state index >= 15 is 0 Å². The van der Waals surface area contributed by atoms with Crippen LogP contribution in [0.4, 0.5) is 11.4 Å². The van der Waals surface area contributed by atoms with E-state index in [2.05, 4.69) is 10.6 Å². The third-order valence-electron chi connectivity index (χ3n) is 3.89. The average molecular weight is 411 g/mol. The van der Waals surface area contributed by atoms with Gasteiger partial charge in [-0.3, -0.25) is 9.59 Å². The van der Waals surface area contributed by atoms with Crippen molar-refractivity contribution in [2.24, 2.45) is 0 Å². The predicted molar refractivity (Wildman–Crippen MR) is 116 cm³/mol. The van der Waals surface area contributed by atoms with Crippen LogP contribution in [0.3, 0.4) is 0 Å². The molecule has 2 amide bonds. The number of thioether (sulfide) groups is 1. The molecule has 0 aliphatic heterocycles. The van der Waals surface area contributed by atoms with Gasteiger partial charge in [-0.2, -0.15) is 0 Å². The third-order valence-corrected chi connectivity index (χ3v) is 5.15. The molecule has 142 valence electrons. The van der Waals surface area contributed by atoms with Crippen molar-refractivity contribution in [3.05, 3.63) is 88.9 Å². The minimum absolute atomic E-state index is 0.0934. The summed E-state index contributed by atoms with van der Waals surface area (Å²) in [6.45, 7) is 1.95. The molecule has 0 saturated heterocycles. The zero-order valence-electron chi connectivity index (χ0n) is 15.2. The first-order valence-electron chi connectivity index (χ1n) is 8.66. The van der Waals surface area contributed by atoms with E-state index in [-0.39, 0.29) is 17.6 Å². The van der Waals surface area contributed by atoms with Gasteiger partial charge in [0.15, 0.2) is 0 Å². The molecule has 0 atom stereocenters. The van der Waals surface area contributed by atoms with Gasteiger partial charge in [0, 0.05) is 26.9 Å². The summed E-state index contributed by atoms with van der Waals surface area (Å²) in [7, 11) is 0. The van der Waals surface area contributed by atoms with Crippen LogP contribution < -0.4 is 10.6 Å². The second-order valence-corrected chi connectivity index (χ2v) is 7.68. The number of hydrogen-bond acceptors (Lipinski definition) is 3. The van der Waals surface area contributed by atoms with Crippen molar-refractivity contribution in [2.45, 2.75) is 11.8 Å². The first-order chi connectivity index (χ1) is 13.5. The van der Waals surface area contributed by atoms with Gasteiger partial charge in [0.05, 0.1) is 5.75 Å². The number of amides is 2. The molecular weight excluding hydrogens is 392 g/mol. The fourth-order valence-corrected chi connectivity index (χ4v) is 3.33. The van der Waals surface area contributed by atoms with E-state index in [1.54, 1.807) is 30.3 Å². The Bertz CT molecular complexity index is 973. The lowest BCUT2D eigenvalue weighted by molar-refractivity contribution is -0.113. The highest BCUT2D eigenvalue weighted by molar-refractivity contribution is 8.00. The van der Waals surface area contributed by atoms with Crippen molar-refractivity contribution in [3.8, 4) is 0 Å². The molecule has 28 heavy (non-hydrogen) atoms. The van der Waals surface area contributed by atoms with Crippen LogP contribution in [0.1, 0.15) is 15.9 Å². The highest BCUT2D eigenvalue weighted by Gasteiger charge is 2.07. The number of hydrogen-bond donors (Lipinski definition) is 2. The highest BCUT2D eigenvalue weighted by atomic mass is 35.5. The van der Waals surface area contributed by atoms with Crippen molar-refractivity contribution >= 4 is 46.6 Å². The fourth-order valence-electron chi connectivity index (χ4n) is 2.50. The van der Waals surface area contributed by atoms with Gasteiger partial charge in [0.25, 0.3) is 5.91 Å². The summed E-state index contributed by atoms with van der Waals surface area (Å²) in [6.07, 6.45) is 0. The molecule has 4 nitrogen and oxygen atoms in total. The molecule has 3 aromatic carbocycles. The van der Waals surface area contributed by atoms with Crippen LogP contribution in [0.15, 0.2) is 77.7 Å². The summed E-state index contributed by atoms with van der Waals surface area (Å²) in [5, 5.41) is 6.33. The van der Waals surface area contributed by atoms with E-state index in [0.717, 1.165) is 10.5 Å². The quantitative estimate of drug-likeness (QED) is 0.517. The molecule has 0 spiro atoms. The first kappa shape index (κ1) is 20.0. The number of anilines is 2. The van der Waals surface area contributed by atoms with Crippen LogP contribution in [0.25, 0.3) is 0 Å². The number of nitrogens with one attached hydrogen (secondary N) is 2. The van der Waals surface area contributed by atoms with Crippen molar-refractivity contribution < 1.29 is 9.59 Å². The van der Waals surface area contributed by atoms with Gasteiger partial charge in [-0.25, -0.2) is 0 Å². The largest absolute Gasteiger partial charge is 0.325 e. The lowest BCUT2D eigenvalue weighted by atomic mass is 10.1. The average Bonchev–Trinajstić information content (AvgIpc) is 2.69. The van der Waals surface area contributed by atoms with E-state index < -0.39 is 0 Å². The molecule has 0 bridgehead atoms. The topological polar surface area (TPSA) is 58.2 Å². The van der Waals surface area contributed by atoms with Crippen molar-refractivity contribution in [3.63, 3.8) is 0 Å². The second-order valence-electron chi connectivity index (χ2n) is 6.19. The number of benzene rings is 3. The predicted octanol–water partition coefficient (Wildman–Crippen LogP) is 5.63. The highest BCUT2D eigenvalue weighted by Crippen LogP contribution is 2.21. The Labute approximate surface area is 173 Å². The molecule has 0 heterocycles. The minimum Gasteiger partial charge on any atom is -0.325 e.